The average Bonchev–Trinajstić information content (AvgIpc) is 2.53. The van der Waals surface area contributed by atoms with Crippen molar-refractivity contribution in [2.24, 2.45) is 11.7 Å². The molecule has 1 fully saturated rings. The van der Waals surface area contributed by atoms with E-state index in [4.69, 9.17) is 15.2 Å². The summed E-state index contributed by atoms with van der Waals surface area (Å²) < 4.78 is 11.7. The van der Waals surface area contributed by atoms with Crippen molar-refractivity contribution < 1.29 is 9.47 Å². The van der Waals surface area contributed by atoms with Crippen LogP contribution in [0.3, 0.4) is 0 Å². The van der Waals surface area contributed by atoms with Crippen molar-refractivity contribution in [1.29, 1.82) is 0 Å². The molecule has 0 heterocycles. The Labute approximate surface area is 136 Å². The van der Waals surface area contributed by atoms with Gasteiger partial charge in [0.25, 0.3) is 0 Å². The fourth-order valence-electron chi connectivity index (χ4n) is 3.20. The first kappa shape index (κ1) is 16.6. The van der Waals surface area contributed by atoms with Crippen LogP contribution in [0.2, 0.25) is 0 Å². The molecule has 0 bridgehead atoms. The third kappa shape index (κ3) is 4.36. The second-order valence-electron chi connectivity index (χ2n) is 5.92. The monoisotopic (exact) mass is 355 g/mol. The number of halogens is 1. The van der Waals surface area contributed by atoms with Gasteiger partial charge in [-0.05, 0) is 36.5 Å². The minimum Gasteiger partial charge on any atom is -0.493 e. The van der Waals surface area contributed by atoms with E-state index < -0.39 is 0 Å². The summed E-state index contributed by atoms with van der Waals surface area (Å²) in [6.07, 6.45) is 9.18. The van der Waals surface area contributed by atoms with Gasteiger partial charge in [0.15, 0.2) is 11.5 Å². The Bertz CT molecular complexity index is 458. The fourth-order valence-corrected chi connectivity index (χ4v) is 3.82. The van der Waals surface area contributed by atoms with Crippen molar-refractivity contribution in [2.75, 3.05) is 14.2 Å². The summed E-state index contributed by atoms with van der Waals surface area (Å²) in [5.41, 5.74) is 7.50. The number of ether oxygens (including phenoxy) is 2. The van der Waals surface area contributed by atoms with Crippen LogP contribution in [-0.2, 0) is 0 Å². The fraction of sp³-hybridized carbons (Fsp3) is 0.647. The van der Waals surface area contributed by atoms with Gasteiger partial charge in [-0.15, -0.1) is 0 Å². The van der Waals surface area contributed by atoms with E-state index in [-0.39, 0.29) is 6.04 Å². The highest BCUT2D eigenvalue weighted by Gasteiger charge is 2.18. The number of hydrogen-bond acceptors (Lipinski definition) is 3. The molecule has 1 aromatic carbocycles. The minimum absolute atomic E-state index is 0.0427. The largest absolute Gasteiger partial charge is 0.493 e. The summed E-state index contributed by atoms with van der Waals surface area (Å²) in [6, 6.07) is 3.98. The van der Waals surface area contributed by atoms with Crippen molar-refractivity contribution in [3.05, 3.63) is 22.2 Å². The first-order valence-electron chi connectivity index (χ1n) is 7.82. The van der Waals surface area contributed by atoms with Gasteiger partial charge in [-0.1, -0.05) is 48.0 Å². The number of methoxy groups -OCH3 is 2. The van der Waals surface area contributed by atoms with Crippen molar-refractivity contribution in [3.8, 4) is 11.5 Å². The zero-order valence-corrected chi connectivity index (χ0v) is 14.6. The molecule has 1 aliphatic rings. The van der Waals surface area contributed by atoms with Crippen LogP contribution in [0.4, 0.5) is 0 Å². The lowest BCUT2D eigenvalue weighted by Crippen LogP contribution is -2.14. The van der Waals surface area contributed by atoms with Crippen LogP contribution in [0.25, 0.3) is 0 Å². The molecule has 3 nitrogen and oxygen atoms in total. The number of benzene rings is 1. The van der Waals surface area contributed by atoms with E-state index in [9.17, 15) is 0 Å². The average molecular weight is 356 g/mol. The second kappa shape index (κ2) is 8.04. The number of hydrogen-bond donors (Lipinski definition) is 1. The molecule has 0 saturated heterocycles. The molecule has 0 aromatic heterocycles. The van der Waals surface area contributed by atoms with Crippen LogP contribution in [0.5, 0.6) is 11.5 Å². The Morgan fingerprint density at radius 2 is 1.76 bits per heavy atom. The van der Waals surface area contributed by atoms with E-state index in [2.05, 4.69) is 15.9 Å². The molecule has 2 rings (SSSR count). The van der Waals surface area contributed by atoms with Gasteiger partial charge in [0.05, 0.1) is 14.2 Å². The molecule has 21 heavy (non-hydrogen) atoms. The molecular formula is C17H26BrNO2. The molecule has 2 N–H and O–H groups in total. The maximum atomic E-state index is 6.40. The SMILES string of the molecule is COc1cc(Br)c(C(N)CCC2CCCCC2)cc1OC. The third-order valence-corrected chi connectivity index (χ3v) is 5.20. The molecule has 4 heteroatoms. The van der Waals surface area contributed by atoms with E-state index in [0.29, 0.717) is 0 Å². The highest BCUT2D eigenvalue weighted by Crippen LogP contribution is 2.37. The molecule has 1 aliphatic carbocycles. The molecule has 0 aliphatic heterocycles. The molecule has 118 valence electrons. The first-order chi connectivity index (χ1) is 10.2. The Balaban J connectivity index is 2.02. The molecular weight excluding hydrogens is 330 g/mol. The molecule has 0 radical (unpaired) electrons. The van der Waals surface area contributed by atoms with E-state index in [0.717, 1.165) is 33.9 Å². The predicted octanol–water partition coefficient (Wildman–Crippen LogP) is 4.83. The van der Waals surface area contributed by atoms with Crippen LogP contribution in [0.1, 0.15) is 56.6 Å². The standard InChI is InChI=1S/C17H26BrNO2/c1-20-16-10-13(14(18)11-17(16)21-2)15(19)9-8-12-6-4-3-5-7-12/h10-12,15H,3-9,19H2,1-2H3. The second-order valence-corrected chi connectivity index (χ2v) is 6.77. The predicted molar refractivity (Wildman–Crippen MR) is 90.0 cm³/mol. The van der Waals surface area contributed by atoms with E-state index in [1.165, 1.54) is 38.5 Å². The molecule has 0 spiro atoms. The summed E-state index contributed by atoms with van der Waals surface area (Å²) in [7, 11) is 3.30. The zero-order chi connectivity index (χ0) is 15.2. The van der Waals surface area contributed by atoms with Gasteiger partial charge in [-0.3, -0.25) is 0 Å². The normalized spacial score (nSPS) is 17.5. The van der Waals surface area contributed by atoms with Gasteiger partial charge in [0.1, 0.15) is 0 Å². The molecule has 1 saturated carbocycles. The Morgan fingerprint density at radius 1 is 1.14 bits per heavy atom. The van der Waals surface area contributed by atoms with Crippen molar-refractivity contribution in [3.63, 3.8) is 0 Å². The van der Waals surface area contributed by atoms with Crippen LogP contribution >= 0.6 is 15.9 Å². The van der Waals surface area contributed by atoms with Gasteiger partial charge in [-0.25, -0.2) is 0 Å². The lowest BCUT2D eigenvalue weighted by molar-refractivity contribution is 0.323. The highest BCUT2D eigenvalue weighted by molar-refractivity contribution is 9.10. The lowest BCUT2D eigenvalue weighted by Gasteiger charge is -2.23. The molecule has 1 aromatic rings. The van der Waals surface area contributed by atoms with Crippen LogP contribution in [-0.4, -0.2) is 14.2 Å². The minimum atomic E-state index is 0.0427. The van der Waals surface area contributed by atoms with Crippen LogP contribution in [0, 0.1) is 5.92 Å². The summed E-state index contributed by atoms with van der Waals surface area (Å²) in [5, 5.41) is 0. The maximum Gasteiger partial charge on any atom is 0.161 e. The summed E-state index contributed by atoms with van der Waals surface area (Å²) in [6.45, 7) is 0. The summed E-state index contributed by atoms with van der Waals surface area (Å²) >= 11 is 3.60. The molecule has 1 unspecified atom stereocenters. The van der Waals surface area contributed by atoms with Crippen molar-refractivity contribution in [1.82, 2.24) is 0 Å². The van der Waals surface area contributed by atoms with Gasteiger partial charge >= 0.3 is 0 Å². The maximum absolute atomic E-state index is 6.40. The Morgan fingerprint density at radius 3 is 2.38 bits per heavy atom. The summed E-state index contributed by atoms with van der Waals surface area (Å²) in [4.78, 5) is 0. The van der Waals surface area contributed by atoms with Gasteiger partial charge in [0, 0.05) is 10.5 Å². The van der Waals surface area contributed by atoms with Gasteiger partial charge in [0.2, 0.25) is 0 Å². The molecule has 0 amide bonds. The summed E-state index contributed by atoms with van der Waals surface area (Å²) in [5.74, 6) is 2.33. The van der Waals surface area contributed by atoms with E-state index >= 15 is 0 Å². The van der Waals surface area contributed by atoms with Crippen molar-refractivity contribution in [2.45, 2.75) is 51.0 Å². The van der Waals surface area contributed by atoms with E-state index in [1.54, 1.807) is 14.2 Å². The van der Waals surface area contributed by atoms with E-state index in [1.807, 2.05) is 12.1 Å². The Hall–Kier alpha value is -0.740. The third-order valence-electron chi connectivity index (χ3n) is 4.51. The zero-order valence-electron chi connectivity index (χ0n) is 13.0. The van der Waals surface area contributed by atoms with Gasteiger partial charge in [-0.2, -0.15) is 0 Å². The lowest BCUT2D eigenvalue weighted by atomic mass is 9.84. The van der Waals surface area contributed by atoms with Crippen LogP contribution < -0.4 is 15.2 Å². The van der Waals surface area contributed by atoms with Gasteiger partial charge < -0.3 is 15.2 Å². The quantitative estimate of drug-likeness (QED) is 0.794. The highest BCUT2D eigenvalue weighted by atomic mass is 79.9. The van der Waals surface area contributed by atoms with Crippen LogP contribution in [0.15, 0.2) is 16.6 Å². The number of nitrogens with two attached hydrogens (primary N) is 1. The molecule has 1 atom stereocenters. The smallest absolute Gasteiger partial charge is 0.161 e. The van der Waals surface area contributed by atoms with Crippen molar-refractivity contribution >= 4 is 15.9 Å². The Kier molecular flexibility index (Phi) is 6.37. The topological polar surface area (TPSA) is 44.5 Å². The first-order valence-corrected chi connectivity index (χ1v) is 8.62. The number of rotatable bonds is 6.